The number of amides is 1. The summed E-state index contributed by atoms with van der Waals surface area (Å²) in [6.45, 7) is 1.71. The van der Waals surface area contributed by atoms with Crippen LogP contribution in [0.15, 0.2) is 65.4 Å². The molecule has 1 atom stereocenters. The van der Waals surface area contributed by atoms with Crippen LogP contribution in [0.5, 0.6) is 0 Å². The van der Waals surface area contributed by atoms with Gasteiger partial charge in [-0.25, -0.2) is 4.79 Å². The molecule has 0 radical (unpaired) electrons. The molecule has 5 rings (SSSR count). The summed E-state index contributed by atoms with van der Waals surface area (Å²) in [7, 11) is 0. The molecule has 2 aromatic heterocycles. The van der Waals surface area contributed by atoms with Crippen LogP contribution in [0.3, 0.4) is 0 Å². The third-order valence-electron chi connectivity index (χ3n) is 6.36. The second-order valence-electron chi connectivity index (χ2n) is 8.65. The van der Waals surface area contributed by atoms with E-state index in [1.54, 1.807) is 18.4 Å². The van der Waals surface area contributed by atoms with Gasteiger partial charge in [0.1, 0.15) is 6.10 Å². The van der Waals surface area contributed by atoms with Crippen molar-refractivity contribution in [3.05, 3.63) is 86.6 Å². The van der Waals surface area contributed by atoms with Crippen LogP contribution >= 0.6 is 34.3 Å². The zero-order valence-electron chi connectivity index (χ0n) is 19.1. The van der Waals surface area contributed by atoms with Gasteiger partial charge in [0.2, 0.25) is 0 Å². The van der Waals surface area contributed by atoms with Gasteiger partial charge >= 0.3 is 12.1 Å². The van der Waals surface area contributed by atoms with Crippen molar-refractivity contribution in [2.75, 3.05) is 5.32 Å². The summed E-state index contributed by atoms with van der Waals surface area (Å²) in [5, 5.41) is 16.1. The number of carbonyl (C=O) groups excluding carboxylic acids is 1. The first-order valence-corrected chi connectivity index (χ1v) is 13.3. The smallest absolute Gasteiger partial charge is 0.412 e. The van der Waals surface area contributed by atoms with Crippen molar-refractivity contribution >= 4 is 52.0 Å². The fraction of sp³-hybridized carbons (Fsp3) is 0.185. The predicted octanol–water partition coefficient (Wildman–Crippen LogP) is 8.36. The largest absolute Gasteiger partial charge is 0.481 e. The van der Waals surface area contributed by atoms with Gasteiger partial charge in [0.15, 0.2) is 5.13 Å². The van der Waals surface area contributed by atoms with E-state index >= 15 is 0 Å². The van der Waals surface area contributed by atoms with E-state index < -0.39 is 28.7 Å². The van der Waals surface area contributed by atoms with Crippen molar-refractivity contribution < 1.29 is 23.8 Å². The lowest BCUT2D eigenvalue weighted by Crippen LogP contribution is -2.19. The molecular weight excluding hydrogens is 521 g/mol. The molecule has 1 fully saturated rings. The number of carbonyl (C=O) groups is 2. The molecule has 1 amide bonds. The number of halogens is 2. The molecule has 9 heteroatoms. The average molecular weight is 542 g/mol. The highest BCUT2D eigenvalue weighted by Crippen LogP contribution is 2.51. The van der Waals surface area contributed by atoms with Crippen LogP contribution in [0.25, 0.3) is 21.6 Å². The highest BCUT2D eigenvalue weighted by molar-refractivity contribution is 7.14. The van der Waals surface area contributed by atoms with Crippen molar-refractivity contribution in [3.63, 3.8) is 0 Å². The van der Waals surface area contributed by atoms with Gasteiger partial charge in [-0.3, -0.25) is 10.1 Å². The van der Waals surface area contributed by atoms with E-state index in [0.717, 1.165) is 22.5 Å². The lowest BCUT2D eigenvalue weighted by Gasteiger charge is -2.17. The molecule has 0 aliphatic heterocycles. The molecule has 184 valence electrons. The number of anilines is 1. The Kier molecular flexibility index (Phi) is 6.59. The second-order valence-corrected chi connectivity index (χ2v) is 10.8. The molecule has 0 bridgehead atoms. The number of rotatable bonds is 7. The minimum Gasteiger partial charge on any atom is -0.481 e. The molecule has 4 aromatic rings. The zero-order chi connectivity index (χ0) is 25.4. The second kappa shape index (κ2) is 9.69. The Morgan fingerprint density at radius 3 is 2.50 bits per heavy atom. The summed E-state index contributed by atoms with van der Waals surface area (Å²) >= 11 is 8.44. The predicted molar refractivity (Wildman–Crippen MR) is 142 cm³/mol. The van der Waals surface area contributed by atoms with E-state index in [-0.39, 0.29) is 5.69 Å². The molecule has 5 nitrogen and oxygen atoms in total. The van der Waals surface area contributed by atoms with Crippen molar-refractivity contribution in [2.24, 2.45) is 0 Å². The van der Waals surface area contributed by atoms with Gasteiger partial charge in [0.25, 0.3) is 0 Å². The summed E-state index contributed by atoms with van der Waals surface area (Å²) in [4.78, 5) is 25.2. The number of carboxylic acid groups (broad SMARTS) is 1. The molecular formula is C27H21ClFNO4S2. The average Bonchev–Trinajstić information content (AvgIpc) is 3.45. The van der Waals surface area contributed by atoms with E-state index in [2.05, 4.69) is 5.32 Å². The standard InChI is InChI=1S/C27H21ClFNO4S2/c1-15(20-13-35-14-21(20)28)34-26(33)30-22-12-23(29)36-24(22)19-11-17(27(9-10-27)25(31)32)7-8-18(19)16-5-3-2-4-6-16/h2-8,11-15H,9-10H2,1H3,(H,30,33)(H,31,32). The first kappa shape index (κ1) is 24.5. The Morgan fingerprint density at radius 2 is 1.86 bits per heavy atom. The summed E-state index contributed by atoms with van der Waals surface area (Å²) < 4.78 is 20.1. The lowest BCUT2D eigenvalue weighted by atomic mass is 9.89. The minimum atomic E-state index is -0.929. The maximum atomic E-state index is 14.6. The monoisotopic (exact) mass is 541 g/mol. The molecule has 1 aliphatic carbocycles. The molecule has 2 N–H and O–H groups in total. The summed E-state index contributed by atoms with van der Waals surface area (Å²) in [6, 6.07) is 16.3. The molecule has 2 aromatic carbocycles. The Balaban J connectivity index is 1.52. The fourth-order valence-electron chi connectivity index (χ4n) is 4.25. The highest BCUT2D eigenvalue weighted by atomic mass is 35.5. The quantitative estimate of drug-likeness (QED) is 0.246. The van der Waals surface area contributed by atoms with Crippen LogP contribution in [-0.2, 0) is 14.9 Å². The number of carboxylic acids is 1. The molecule has 0 spiro atoms. The van der Waals surface area contributed by atoms with Gasteiger partial charge in [-0.2, -0.15) is 15.7 Å². The Hall–Kier alpha value is -3.20. The van der Waals surface area contributed by atoms with E-state index in [9.17, 15) is 19.1 Å². The first-order valence-electron chi connectivity index (χ1n) is 11.2. The van der Waals surface area contributed by atoms with E-state index in [0.29, 0.717) is 39.4 Å². The summed E-state index contributed by atoms with van der Waals surface area (Å²) in [5.74, 6) is -0.874. The van der Waals surface area contributed by atoms with Crippen LogP contribution in [0, 0.1) is 5.13 Å². The summed E-state index contributed by atoms with van der Waals surface area (Å²) in [6.07, 6.45) is -0.244. The van der Waals surface area contributed by atoms with Crippen molar-refractivity contribution in [3.8, 4) is 21.6 Å². The third-order valence-corrected chi connectivity index (χ3v) is 8.54. The van der Waals surface area contributed by atoms with E-state index in [4.69, 9.17) is 16.3 Å². The number of benzene rings is 2. The maximum Gasteiger partial charge on any atom is 0.412 e. The van der Waals surface area contributed by atoms with Crippen LogP contribution in [0.1, 0.15) is 37.0 Å². The highest BCUT2D eigenvalue weighted by Gasteiger charge is 2.52. The normalized spacial score (nSPS) is 14.8. The zero-order valence-corrected chi connectivity index (χ0v) is 21.5. The lowest BCUT2D eigenvalue weighted by molar-refractivity contribution is -0.140. The number of hydrogen-bond donors (Lipinski definition) is 2. The van der Waals surface area contributed by atoms with E-state index in [1.807, 2.05) is 47.8 Å². The number of aliphatic carboxylic acids is 1. The van der Waals surface area contributed by atoms with Gasteiger partial charge < -0.3 is 9.84 Å². The minimum absolute atomic E-state index is 0.251. The first-order chi connectivity index (χ1) is 17.3. The van der Waals surface area contributed by atoms with Gasteiger partial charge in [0, 0.05) is 22.6 Å². The Labute approximate surface area is 220 Å². The molecule has 0 saturated heterocycles. The van der Waals surface area contributed by atoms with Gasteiger partial charge in [0.05, 0.1) is 21.0 Å². The number of hydrogen-bond acceptors (Lipinski definition) is 5. The van der Waals surface area contributed by atoms with Crippen LogP contribution < -0.4 is 5.32 Å². The van der Waals surface area contributed by atoms with Crippen LogP contribution in [-0.4, -0.2) is 17.2 Å². The fourth-order valence-corrected chi connectivity index (χ4v) is 6.34. The van der Waals surface area contributed by atoms with Crippen molar-refractivity contribution in [2.45, 2.75) is 31.3 Å². The molecule has 1 aliphatic rings. The van der Waals surface area contributed by atoms with Crippen LogP contribution in [0.4, 0.5) is 14.9 Å². The van der Waals surface area contributed by atoms with Gasteiger partial charge in [-0.15, -0.1) is 11.3 Å². The Bertz CT molecular complexity index is 1450. The van der Waals surface area contributed by atoms with Gasteiger partial charge in [-0.05, 0) is 47.9 Å². The van der Waals surface area contributed by atoms with Crippen molar-refractivity contribution in [1.82, 2.24) is 0 Å². The molecule has 2 heterocycles. The van der Waals surface area contributed by atoms with Crippen LogP contribution in [0.2, 0.25) is 5.02 Å². The van der Waals surface area contributed by atoms with Gasteiger partial charge in [-0.1, -0.05) is 54.1 Å². The SMILES string of the molecule is CC(OC(=O)Nc1cc(F)sc1-c1cc(C2(C(=O)O)CC2)ccc1-c1ccccc1)c1cscc1Cl. The maximum absolute atomic E-state index is 14.6. The summed E-state index contributed by atoms with van der Waals surface area (Å²) in [5.41, 5.74) is 3.01. The molecule has 36 heavy (non-hydrogen) atoms. The van der Waals surface area contributed by atoms with Crippen molar-refractivity contribution in [1.29, 1.82) is 0 Å². The number of ether oxygens (including phenoxy) is 1. The Morgan fingerprint density at radius 1 is 1.11 bits per heavy atom. The number of thiophene rings is 2. The van der Waals surface area contributed by atoms with E-state index in [1.165, 1.54) is 17.4 Å². The topological polar surface area (TPSA) is 75.6 Å². The third kappa shape index (κ3) is 4.64. The molecule has 1 saturated carbocycles. The molecule has 1 unspecified atom stereocenters. The number of nitrogens with one attached hydrogen (secondary N) is 1.